The van der Waals surface area contributed by atoms with Gasteiger partial charge in [-0.2, -0.15) is 0 Å². The first-order valence-electron chi connectivity index (χ1n) is 6.17. The Morgan fingerprint density at radius 3 is 3.20 bits per heavy atom. The molecule has 0 atom stereocenters. The minimum absolute atomic E-state index is 0.160. The van der Waals surface area contributed by atoms with Crippen LogP contribution in [0.15, 0.2) is 17.8 Å². The molecule has 20 heavy (non-hydrogen) atoms. The summed E-state index contributed by atoms with van der Waals surface area (Å²) >= 11 is 1.36. The van der Waals surface area contributed by atoms with E-state index in [1.807, 2.05) is 22.9 Å². The average Bonchev–Trinajstić information content (AvgIpc) is 3.10. The maximum Gasteiger partial charge on any atom is 0.263 e. The van der Waals surface area contributed by atoms with Gasteiger partial charge in [-0.1, -0.05) is 11.8 Å². The van der Waals surface area contributed by atoms with Gasteiger partial charge in [0.2, 0.25) is 0 Å². The zero-order chi connectivity index (χ0) is 14.4. The lowest BCUT2D eigenvalue weighted by Crippen LogP contribution is -2.24. The number of nitrogens with two attached hydrogens (primary N) is 1. The molecule has 0 aromatic carbocycles. The predicted molar refractivity (Wildman–Crippen MR) is 77.1 cm³/mol. The van der Waals surface area contributed by atoms with Crippen LogP contribution in [0.1, 0.15) is 28.0 Å². The van der Waals surface area contributed by atoms with E-state index in [0.717, 1.165) is 12.4 Å². The highest BCUT2D eigenvalue weighted by atomic mass is 32.1. The summed E-state index contributed by atoms with van der Waals surface area (Å²) in [6.07, 6.45) is 1.64. The van der Waals surface area contributed by atoms with Crippen LogP contribution in [0.5, 0.6) is 0 Å². The molecule has 2 aromatic heterocycles. The van der Waals surface area contributed by atoms with Crippen molar-refractivity contribution in [3.05, 3.63) is 34.0 Å². The van der Waals surface area contributed by atoms with E-state index in [2.05, 4.69) is 27.4 Å². The first kappa shape index (κ1) is 14.2. The molecule has 0 saturated carbocycles. The molecule has 1 amide bonds. The fraction of sp³-hybridized carbons (Fsp3) is 0.308. The molecular formula is C13H15N5OS. The van der Waals surface area contributed by atoms with Crippen molar-refractivity contribution in [2.45, 2.75) is 20.0 Å². The van der Waals surface area contributed by atoms with Gasteiger partial charge in [0, 0.05) is 12.1 Å². The van der Waals surface area contributed by atoms with Crippen LogP contribution in [0.2, 0.25) is 0 Å². The van der Waals surface area contributed by atoms with Crippen molar-refractivity contribution in [2.75, 3.05) is 6.54 Å². The summed E-state index contributed by atoms with van der Waals surface area (Å²) in [4.78, 5) is 12.7. The van der Waals surface area contributed by atoms with Crippen molar-refractivity contribution in [1.29, 1.82) is 0 Å². The number of nitrogens with one attached hydrogen (secondary N) is 1. The number of aryl methyl sites for hydroxylation is 1. The summed E-state index contributed by atoms with van der Waals surface area (Å²) in [5, 5.41) is 12.5. The summed E-state index contributed by atoms with van der Waals surface area (Å²) in [5.41, 5.74) is 6.04. The van der Waals surface area contributed by atoms with Crippen LogP contribution in [0.4, 0.5) is 0 Å². The highest BCUT2D eigenvalue weighted by Gasteiger charge is 2.12. The van der Waals surface area contributed by atoms with E-state index >= 15 is 0 Å². The molecule has 0 aliphatic rings. The monoisotopic (exact) mass is 289 g/mol. The molecule has 104 valence electrons. The Bertz CT molecular complexity index is 649. The van der Waals surface area contributed by atoms with Crippen LogP contribution in [0, 0.1) is 11.8 Å². The number of thiophene rings is 1. The van der Waals surface area contributed by atoms with Crippen LogP contribution in [-0.4, -0.2) is 27.2 Å². The summed E-state index contributed by atoms with van der Waals surface area (Å²) in [7, 11) is 0. The smallest absolute Gasteiger partial charge is 0.263 e. The largest absolute Gasteiger partial charge is 0.344 e. The van der Waals surface area contributed by atoms with E-state index in [9.17, 15) is 4.79 Å². The maximum absolute atomic E-state index is 12.1. The number of carbonyl (C=O) groups is 1. The summed E-state index contributed by atoms with van der Waals surface area (Å²) in [5.74, 6) is 6.21. The third kappa shape index (κ3) is 3.23. The van der Waals surface area contributed by atoms with Gasteiger partial charge >= 0.3 is 0 Å². The highest BCUT2D eigenvalue weighted by Crippen LogP contribution is 2.15. The Kier molecular flexibility index (Phi) is 4.87. The van der Waals surface area contributed by atoms with Gasteiger partial charge in [0.05, 0.1) is 13.1 Å². The molecule has 7 heteroatoms. The number of hydrogen-bond acceptors (Lipinski definition) is 5. The third-order valence-electron chi connectivity index (χ3n) is 2.64. The zero-order valence-electron chi connectivity index (χ0n) is 11.1. The normalized spacial score (nSPS) is 9.90. The molecule has 0 bridgehead atoms. The second-order valence-electron chi connectivity index (χ2n) is 3.89. The van der Waals surface area contributed by atoms with E-state index in [-0.39, 0.29) is 12.5 Å². The van der Waals surface area contributed by atoms with Gasteiger partial charge in [0.25, 0.3) is 5.91 Å². The van der Waals surface area contributed by atoms with Crippen molar-refractivity contribution in [2.24, 2.45) is 5.73 Å². The van der Waals surface area contributed by atoms with Gasteiger partial charge in [0.15, 0.2) is 5.82 Å². The second kappa shape index (κ2) is 6.84. The molecule has 0 aliphatic carbocycles. The Balaban J connectivity index is 2.04. The van der Waals surface area contributed by atoms with Gasteiger partial charge in [-0.15, -0.1) is 21.5 Å². The number of nitrogens with zero attached hydrogens (tertiary/aromatic N) is 3. The van der Waals surface area contributed by atoms with E-state index in [1.165, 1.54) is 11.3 Å². The molecule has 3 N–H and O–H groups in total. The molecule has 0 fully saturated rings. The minimum atomic E-state index is -0.160. The number of amides is 1. The topological polar surface area (TPSA) is 85.8 Å². The Morgan fingerprint density at radius 1 is 1.60 bits per heavy atom. The first-order chi connectivity index (χ1) is 9.76. The molecule has 2 aromatic rings. The first-order valence-corrected chi connectivity index (χ1v) is 7.05. The van der Waals surface area contributed by atoms with Crippen molar-refractivity contribution < 1.29 is 4.79 Å². The van der Waals surface area contributed by atoms with Gasteiger partial charge in [-0.3, -0.25) is 4.79 Å². The summed E-state index contributed by atoms with van der Waals surface area (Å²) in [6.45, 7) is 3.38. The lowest BCUT2D eigenvalue weighted by Gasteiger charge is -2.05. The number of hydrogen-bond donors (Lipinski definition) is 2. The van der Waals surface area contributed by atoms with Crippen LogP contribution < -0.4 is 11.1 Å². The molecule has 0 aliphatic heterocycles. The lowest BCUT2D eigenvalue weighted by atomic mass is 10.2. The average molecular weight is 289 g/mol. The number of rotatable bonds is 4. The molecule has 0 spiro atoms. The van der Waals surface area contributed by atoms with Gasteiger partial charge in [-0.05, 0) is 18.4 Å². The fourth-order valence-corrected chi connectivity index (χ4v) is 2.41. The van der Waals surface area contributed by atoms with Crippen molar-refractivity contribution in [3.8, 4) is 11.8 Å². The molecule has 2 rings (SSSR count). The van der Waals surface area contributed by atoms with Crippen LogP contribution >= 0.6 is 11.3 Å². The van der Waals surface area contributed by atoms with E-state index in [4.69, 9.17) is 5.73 Å². The highest BCUT2D eigenvalue weighted by molar-refractivity contribution is 7.12. The van der Waals surface area contributed by atoms with E-state index in [0.29, 0.717) is 17.0 Å². The zero-order valence-corrected chi connectivity index (χ0v) is 11.9. The SMILES string of the molecule is CCn1cnnc1CNC(=O)c1sccc1C#CCN. The molecule has 0 radical (unpaired) electrons. The predicted octanol–water partition coefficient (Wildman–Crippen LogP) is 0.600. The minimum Gasteiger partial charge on any atom is -0.344 e. The molecule has 0 saturated heterocycles. The van der Waals surface area contributed by atoms with Gasteiger partial charge in [-0.25, -0.2) is 0 Å². The van der Waals surface area contributed by atoms with Crippen molar-refractivity contribution in [1.82, 2.24) is 20.1 Å². The third-order valence-corrected chi connectivity index (χ3v) is 3.55. The Labute approximate surface area is 121 Å². The standard InChI is InChI=1S/C13H15N5OS/c1-2-18-9-16-17-11(18)8-15-13(19)12-10(4-3-6-14)5-7-20-12/h5,7,9H,2,6,8,14H2,1H3,(H,15,19). The molecule has 2 heterocycles. The number of carbonyl (C=O) groups excluding carboxylic acids is 1. The molecule has 0 unspecified atom stereocenters. The maximum atomic E-state index is 12.1. The van der Waals surface area contributed by atoms with Crippen molar-refractivity contribution >= 4 is 17.2 Å². The van der Waals surface area contributed by atoms with E-state index in [1.54, 1.807) is 6.33 Å². The fourth-order valence-electron chi connectivity index (χ4n) is 1.65. The molecule has 6 nitrogen and oxygen atoms in total. The van der Waals surface area contributed by atoms with Crippen LogP contribution in [0.25, 0.3) is 0 Å². The van der Waals surface area contributed by atoms with Crippen LogP contribution in [0.3, 0.4) is 0 Å². The van der Waals surface area contributed by atoms with Gasteiger partial charge in [0.1, 0.15) is 11.2 Å². The molecular weight excluding hydrogens is 274 g/mol. The van der Waals surface area contributed by atoms with Crippen LogP contribution in [-0.2, 0) is 13.1 Å². The second-order valence-corrected chi connectivity index (χ2v) is 4.80. The summed E-state index contributed by atoms with van der Waals surface area (Å²) in [6, 6.07) is 1.82. The lowest BCUT2D eigenvalue weighted by molar-refractivity contribution is 0.0953. The van der Waals surface area contributed by atoms with Gasteiger partial charge < -0.3 is 15.6 Å². The summed E-state index contributed by atoms with van der Waals surface area (Å²) < 4.78 is 1.88. The van der Waals surface area contributed by atoms with Crippen molar-refractivity contribution in [3.63, 3.8) is 0 Å². The van der Waals surface area contributed by atoms with E-state index < -0.39 is 0 Å². The number of aromatic nitrogens is 3. The quantitative estimate of drug-likeness (QED) is 0.807. The Morgan fingerprint density at radius 2 is 2.45 bits per heavy atom. The Hall–Kier alpha value is -2.17.